The molecule has 0 unspecified atom stereocenters. The van der Waals surface area contributed by atoms with Crippen LogP contribution < -0.4 is 5.56 Å². The predicted octanol–water partition coefficient (Wildman–Crippen LogP) is 4.29. The second-order valence-corrected chi connectivity index (χ2v) is 8.28. The van der Waals surface area contributed by atoms with E-state index in [4.69, 9.17) is 0 Å². The first-order valence-electron chi connectivity index (χ1n) is 7.91. The normalized spacial score (nSPS) is 12.7. The largest absolute Gasteiger partial charge is 0.281 e. The summed E-state index contributed by atoms with van der Waals surface area (Å²) < 4.78 is 3.97. The molecule has 0 aliphatic carbocycles. The zero-order chi connectivity index (χ0) is 16.7. The minimum Gasteiger partial charge on any atom is -0.281 e. The summed E-state index contributed by atoms with van der Waals surface area (Å²) in [6.45, 7) is 15.8. The minimum atomic E-state index is -0.166. The third kappa shape index (κ3) is 3.18. The molecule has 2 aromatic rings. The van der Waals surface area contributed by atoms with E-state index in [1.54, 1.807) is 0 Å². The van der Waals surface area contributed by atoms with Crippen LogP contribution in [0.5, 0.6) is 0 Å². The molecule has 0 N–H and O–H groups in total. The molecule has 1 aromatic heterocycles. The van der Waals surface area contributed by atoms with Gasteiger partial charge in [0.2, 0.25) is 0 Å². The van der Waals surface area contributed by atoms with Crippen LogP contribution in [0.3, 0.4) is 0 Å². The Hall–Kier alpha value is -1.77. The number of aromatic nitrogens is 2. The molecule has 0 aliphatic heterocycles. The maximum atomic E-state index is 13.1. The summed E-state index contributed by atoms with van der Waals surface area (Å²) in [6.07, 6.45) is 0. The summed E-state index contributed by atoms with van der Waals surface area (Å²) in [5, 5.41) is 0. The summed E-state index contributed by atoms with van der Waals surface area (Å²) in [5.41, 5.74) is 2.93. The molecule has 2 rings (SSSR count). The van der Waals surface area contributed by atoms with Crippen LogP contribution in [0.15, 0.2) is 35.1 Å². The van der Waals surface area contributed by atoms with E-state index in [-0.39, 0.29) is 16.4 Å². The molecule has 0 radical (unpaired) electrons. The van der Waals surface area contributed by atoms with Gasteiger partial charge in [0.1, 0.15) is 0 Å². The standard InChI is InChI=1S/C19H28N2O/c1-14-16(19(5,6)7)17(22)21(15-11-9-8-10-12-15)20(14)13-18(2,3)4/h8-12H,13H2,1-7H3. The summed E-state index contributed by atoms with van der Waals surface area (Å²) in [7, 11) is 0. The van der Waals surface area contributed by atoms with Gasteiger partial charge in [-0.25, -0.2) is 4.68 Å². The van der Waals surface area contributed by atoms with Gasteiger partial charge >= 0.3 is 0 Å². The number of hydrogen-bond acceptors (Lipinski definition) is 1. The lowest BCUT2D eigenvalue weighted by Gasteiger charge is -2.23. The summed E-state index contributed by atoms with van der Waals surface area (Å²) in [4.78, 5) is 13.1. The number of nitrogens with zero attached hydrogens (tertiary/aromatic N) is 2. The summed E-state index contributed by atoms with van der Waals surface area (Å²) in [5.74, 6) is 0. The van der Waals surface area contributed by atoms with Crippen molar-refractivity contribution in [2.45, 2.75) is 60.4 Å². The number of para-hydroxylation sites is 1. The SMILES string of the molecule is Cc1c(C(C)(C)C)c(=O)n(-c2ccccc2)n1CC(C)(C)C. The Bertz CT molecular complexity index is 707. The van der Waals surface area contributed by atoms with Crippen molar-refractivity contribution in [2.75, 3.05) is 0 Å². The molecule has 3 nitrogen and oxygen atoms in total. The minimum absolute atomic E-state index is 0.0976. The highest BCUT2D eigenvalue weighted by Crippen LogP contribution is 2.26. The number of hydrogen-bond donors (Lipinski definition) is 0. The van der Waals surface area contributed by atoms with Crippen LogP contribution in [0.4, 0.5) is 0 Å². The molecule has 0 saturated heterocycles. The lowest BCUT2D eigenvalue weighted by Crippen LogP contribution is -2.28. The summed E-state index contributed by atoms with van der Waals surface area (Å²) >= 11 is 0. The second kappa shape index (κ2) is 5.45. The molecule has 22 heavy (non-hydrogen) atoms. The van der Waals surface area contributed by atoms with Crippen molar-refractivity contribution >= 4 is 0 Å². The Morgan fingerprint density at radius 2 is 1.50 bits per heavy atom. The molecule has 0 aliphatic rings. The van der Waals surface area contributed by atoms with Crippen LogP contribution in [0.1, 0.15) is 52.8 Å². The van der Waals surface area contributed by atoms with E-state index in [1.807, 2.05) is 35.0 Å². The molecule has 3 heteroatoms. The van der Waals surface area contributed by atoms with Crippen LogP contribution in [-0.2, 0) is 12.0 Å². The molecular formula is C19H28N2O. The lowest BCUT2D eigenvalue weighted by atomic mass is 9.87. The zero-order valence-electron chi connectivity index (χ0n) is 14.9. The van der Waals surface area contributed by atoms with E-state index < -0.39 is 0 Å². The van der Waals surface area contributed by atoms with Gasteiger partial charge in [0.15, 0.2) is 0 Å². The fourth-order valence-electron chi connectivity index (χ4n) is 2.98. The first kappa shape index (κ1) is 16.6. The molecular weight excluding hydrogens is 272 g/mol. The Morgan fingerprint density at radius 3 is 1.95 bits per heavy atom. The van der Waals surface area contributed by atoms with Crippen LogP contribution in [-0.4, -0.2) is 9.36 Å². The van der Waals surface area contributed by atoms with Gasteiger partial charge in [0, 0.05) is 17.8 Å². The number of benzene rings is 1. The van der Waals surface area contributed by atoms with Gasteiger partial charge in [-0.1, -0.05) is 59.7 Å². The van der Waals surface area contributed by atoms with E-state index in [0.717, 1.165) is 23.5 Å². The molecule has 1 heterocycles. The average molecular weight is 300 g/mol. The van der Waals surface area contributed by atoms with Crippen molar-refractivity contribution in [3.63, 3.8) is 0 Å². The van der Waals surface area contributed by atoms with Gasteiger partial charge in [-0.05, 0) is 29.9 Å². The molecule has 0 fully saturated rings. The fraction of sp³-hybridized carbons (Fsp3) is 0.526. The Balaban J connectivity index is 2.78. The van der Waals surface area contributed by atoms with E-state index in [9.17, 15) is 4.79 Å². The van der Waals surface area contributed by atoms with E-state index in [0.29, 0.717) is 0 Å². The van der Waals surface area contributed by atoms with Crippen molar-refractivity contribution < 1.29 is 0 Å². The molecule has 0 bridgehead atoms. The maximum absolute atomic E-state index is 13.1. The van der Waals surface area contributed by atoms with Gasteiger partial charge in [-0.15, -0.1) is 0 Å². The first-order chi connectivity index (χ1) is 10.0. The van der Waals surface area contributed by atoms with Crippen molar-refractivity contribution in [1.29, 1.82) is 0 Å². The van der Waals surface area contributed by atoms with Crippen LogP contribution in [0.25, 0.3) is 5.69 Å². The molecule has 0 atom stereocenters. The predicted molar refractivity (Wildman–Crippen MR) is 92.9 cm³/mol. The molecule has 1 aromatic carbocycles. The fourth-order valence-corrected chi connectivity index (χ4v) is 2.98. The molecule has 120 valence electrons. The van der Waals surface area contributed by atoms with E-state index in [2.05, 4.69) is 53.1 Å². The smallest absolute Gasteiger partial charge is 0.275 e. The second-order valence-electron chi connectivity index (χ2n) is 8.28. The van der Waals surface area contributed by atoms with Crippen molar-refractivity contribution in [1.82, 2.24) is 9.36 Å². The molecule has 0 spiro atoms. The Labute approximate surface area is 133 Å². The van der Waals surface area contributed by atoms with Gasteiger partial charge in [0.25, 0.3) is 5.56 Å². The third-order valence-electron chi connectivity index (χ3n) is 3.77. The van der Waals surface area contributed by atoms with Crippen LogP contribution >= 0.6 is 0 Å². The zero-order valence-corrected chi connectivity index (χ0v) is 14.9. The van der Waals surface area contributed by atoms with Gasteiger partial charge in [-0.3, -0.25) is 9.48 Å². The average Bonchev–Trinajstić information content (AvgIpc) is 2.59. The van der Waals surface area contributed by atoms with Crippen molar-refractivity contribution in [2.24, 2.45) is 5.41 Å². The summed E-state index contributed by atoms with van der Waals surface area (Å²) in [6, 6.07) is 9.91. The van der Waals surface area contributed by atoms with E-state index >= 15 is 0 Å². The first-order valence-corrected chi connectivity index (χ1v) is 7.91. The van der Waals surface area contributed by atoms with E-state index in [1.165, 1.54) is 0 Å². The highest BCUT2D eigenvalue weighted by atomic mass is 16.1. The van der Waals surface area contributed by atoms with Gasteiger partial charge in [0.05, 0.1) is 5.69 Å². The highest BCUT2D eigenvalue weighted by molar-refractivity contribution is 5.35. The number of rotatable bonds is 2. The maximum Gasteiger partial charge on any atom is 0.275 e. The van der Waals surface area contributed by atoms with Crippen molar-refractivity contribution in [3.05, 3.63) is 51.9 Å². The Morgan fingerprint density at radius 1 is 0.955 bits per heavy atom. The molecule has 0 amide bonds. The highest BCUT2D eigenvalue weighted by Gasteiger charge is 2.28. The van der Waals surface area contributed by atoms with Crippen LogP contribution in [0.2, 0.25) is 0 Å². The van der Waals surface area contributed by atoms with Crippen LogP contribution in [0, 0.1) is 12.3 Å². The van der Waals surface area contributed by atoms with Crippen molar-refractivity contribution in [3.8, 4) is 5.69 Å². The monoisotopic (exact) mass is 300 g/mol. The Kier molecular flexibility index (Phi) is 4.12. The third-order valence-corrected chi connectivity index (χ3v) is 3.77. The lowest BCUT2D eigenvalue weighted by molar-refractivity contribution is 0.306. The molecule has 0 saturated carbocycles. The quantitative estimate of drug-likeness (QED) is 0.812. The topological polar surface area (TPSA) is 26.9 Å². The van der Waals surface area contributed by atoms with Gasteiger partial charge in [-0.2, -0.15) is 0 Å². The van der Waals surface area contributed by atoms with Gasteiger partial charge < -0.3 is 0 Å².